The zero-order valence-electron chi connectivity index (χ0n) is 13.8. The predicted molar refractivity (Wildman–Crippen MR) is 86.2 cm³/mol. The third-order valence-electron chi connectivity index (χ3n) is 4.87. The molecule has 5 heteroatoms. The summed E-state index contributed by atoms with van der Waals surface area (Å²) in [7, 11) is 0. The molecule has 3 rings (SSSR count). The summed E-state index contributed by atoms with van der Waals surface area (Å²) in [5.41, 5.74) is -0.485. The number of rotatable bonds is 4. The van der Waals surface area contributed by atoms with Gasteiger partial charge < -0.3 is 14.6 Å². The van der Waals surface area contributed by atoms with Gasteiger partial charge in [0.2, 0.25) is 0 Å². The molecule has 4 nitrogen and oxygen atoms in total. The van der Waals surface area contributed by atoms with Crippen LogP contribution in [-0.2, 0) is 4.74 Å². The highest BCUT2D eigenvalue weighted by Crippen LogP contribution is 2.26. The third-order valence-corrected chi connectivity index (χ3v) is 4.87. The third kappa shape index (κ3) is 4.22. The second kappa shape index (κ2) is 7.16. The Morgan fingerprint density at radius 2 is 2.17 bits per heavy atom. The minimum absolute atomic E-state index is 0.154. The summed E-state index contributed by atoms with van der Waals surface area (Å²) in [5.74, 6) is 0.329. The van der Waals surface area contributed by atoms with Crippen molar-refractivity contribution >= 4 is 0 Å². The average molecular weight is 323 g/mol. The van der Waals surface area contributed by atoms with Crippen molar-refractivity contribution in [3.8, 4) is 5.75 Å². The summed E-state index contributed by atoms with van der Waals surface area (Å²) < 4.78 is 24.6. The van der Waals surface area contributed by atoms with Crippen LogP contribution in [0.2, 0.25) is 0 Å². The standard InChI is InChI=1S/C18H26FNO3/c1-14-10-16(6-7-17(14)19)23-13-18(21)11-20(8-9-22-12-18)15-4-2-3-5-15/h6-7,10,15,21H,2-5,8-9,11-13H2,1H3/t18-/m1/s1. The lowest BCUT2D eigenvalue weighted by atomic mass is 10.0. The van der Waals surface area contributed by atoms with Gasteiger partial charge in [-0.05, 0) is 43.5 Å². The Morgan fingerprint density at radius 3 is 2.91 bits per heavy atom. The number of hydrogen-bond acceptors (Lipinski definition) is 4. The number of nitrogens with zero attached hydrogens (tertiary/aromatic N) is 1. The molecule has 23 heavy (non-hydrogen) atoms. The number of halogens is 1. The molecule has 0 radical (unpaired) electrons. The Bertz CT molecular complexity index is 533. The number of ether oxygens (including phenoxy) is 2. The van der Waals surface area contributed by atoms with Gasteiger partial charge in [0.1, 0.15) is 23.8 Å². The molecule has 1 saturated carbocycles. The van der Waals surface area contributed by atoms with Gasteiger partial charge in [0.15, 0.2) is 0 Å². The molecular weight excluding hydrogens is 297 g/mol. The van der Waals surface area contributed by atoms with Gasteiger partial charge in [0, 0.05) is 19.1 Å². The molecule has 1 heterocycles. The van der Waals surface area contributed by atoms with Crippen LogP contribution in [0.5, 0.6) is 5.75 Å². The van der Waals surface area contributed by atoms with E-state index < -0.39 is 5.60 Å². The first kappa shape index (κ1) is 16.7. The Hall–Kier alpha value is -1.17. The molecule has 1 aliphatic heterocycles. The molecule has 1 aliphatic carbocycles. The van der Waals surface area contributed by atoms with E-state index >= 15 is 0 Å². The molecule has 1 N–H and O–H groups in total. The maximum atomic E-state index is 13.3. The summed E-state index contributed by atoms with van der Waals surface area (Å²) in [6.07, 6.45) is 4.94. The second-order valence-electron chi connectivity index (χ2n) is 6.89. The van der Waals surface area contributed by atoms with Crippen LogP contribution < -0.4 is 4.74 Å². The largest absolute Gasteiger partial charge is 0.490 e. The minimum Gasteiger partial charge on any atom is -0.490 e. The molecule has 0 aromatic heterocycles. The molecule has 0 amide bonds. The van der Waals surface area contributed by atoms with Crippen LogP contribution in [0.15, 0.2) is 18.2 Å². The van der Waals surface area contributed by atoms with Crippen molar-refractivity contribution in [1.29, 1.82) is 0 Å². The monoisotopic (exact) mass is 323 g/mol. The van der Waals surface area contributed by atoms with E-state index in [-0.39, 0.29) is 19.0 Å². The molecule has 2 aliphatic rings. The van der Waals surface area contributed by atoms with Crippen molar-refractivity contribution in [2.75, 3.05) is 32.9 Å². The van der Waals surface area contributed by atoms with E-state index in [0.29, 0.717) is 30.5 Å². The smallest absolute Gasteiger partial charge is 0.134 e. The lowest BCUT2D eigenvalue weighted by molar-refractivity contribution is -0.0669. The zero-order valence-corrected chi connectivity index (χ0v) is 13.8. The van der Waals surface area contributed by atoms with Crippen molar-refractivity contribution in [2.24, 2.45) is 0 Å². The first-order chi connectivity index (χ1) is 11.1. The molecule has 1 atom stereocenters. The summed E-state index contributed by atoms with van der Waals surface area (Å²) >= 11 is 0. The fourth-order valence-electron chi connectivity index (χ4n) is 3.54. The number of hydrogen-bond donors (Lipinski definition) is 1. The highest BCUT2D eigenvalue weighted by atomic mass is 19.1. The summed E-state index contributed by atoms with van der Waals surface area (Å²) in [4.78, 5) is 2.35. The number of benzene rings is 1. The van der Waals surface area contributed by atoms with Gasteiger partial charge >= 0.3 is 0 Å². The van der Waals surface area contributed by atoms with E-state index in [1.54, 1.807) is 19.1 Å². The van der Waals surface area contributed by atoms with Crippen LogP contribution in [0.3, 0.4) is 0 Å². The van der Waals surface area contributed by atoms with Crippen LogP contribution >= 0.6 is 0 Å². The van der Waals surface area contributed by atoms with Gasteiger partial charge in [-0.1, -0.05) is 12.8 Å². The fraction of sp³-hybridized carbons (Fsp3) is 0.667. The maximum absolute atomic E-state index is 13.3. The quantitative estimate of drug-likeness (QED) is 0.924. The summed E-state index contributed by atoms with van der Waals surface area (Å²) in [6, 6.07) is 5.20. The number of β-amino-alcohol motifs (C(OH)–C–C–N with tert-alkyl or cyclic N) is 1. The van der Waals surface area contributed by atoms with Gasteiger partial charge in [-0.25, -0.2) is 4.39 Å². The van der Waals surface area contributed by atoms with Gasteiger partial charge in [0.25, 0.3) is 0 Å². The second-order valence-corrected chi connectivity index (χ2v) is 6.89. The van der Waals surface area contributed by atoms with E-state index in [4.69, 9.17) is 9.47 Å². The maximum Gasteiger partial charge on any atom is 0.134 e. The molecule has 0 bridgehead atoms. The first-order valence-electron chi connectivity index (χ1n) is 8.49. The van der Waals surface area contributed by atoms with Crippen molar-refractivity contribution in [2.45, 2.75) is 44.2 Å². The lowest BCUT2D eigenvalue weighted by Gasteiger charge is -2.34. The van der Waals surface area contributed by atoms with Crippen LogP contribution in [0.4, 0.5) is 4.39 Å². The molecular formula is C18H26FNO3. The van der Waals surface area contributed by atoms with E-state index in [1.165, 1.54) is 31.7 Å². The summed E-state index contributed by atoms with van der Waals surface area (Å²) in [5, 5.41) is 10.9. The molecule has 1 saturated heterocycles. The Kier molecular flexibility index (Phi) is 5.19. The van der Waals surface area contributed by atoms with E-state index in [1.807, 2.05) is 0 Å². The topological polar surface area (TPSA) is 41.9 Å². The first-order valence-corrected chi connectivity index (χ1v) is 8.49. The van der Waals surface area contributed by atoms with Crippen molar-refractivity contribution in [3.63, 3.8) is 0 Å². The van der Waals surface area contributed by atoms with E-state index in [9.17, 15) is 9.50 Å². The highest BCUT2D eigenvalue weighted by Gasteiger charge is 2.36. The van der Waals surface area contributed by atoms with Gasteiger partial charge in [-0.3, -0.25) is 4.90 Å². The van der Waals surface area contributed by atoms with Crippen molar-refractivity contribution in [1.82, 2.24) is 4.90 Å². The number of aryl methyl sites for hydroxylation is 1. The number of aliphatic hydroxyl groups is 1. The normalized spacial score (nSPS) is 27.1. The van der Waals surface area contributed by atoms with Crippen LogP contribution in [0, 0.1) is 12.7 Å². The van der Waals surface area contributed by atoms with Gasteiger partial charge in [0.05, 0.1) is 13.2 Å². The molecule has 0 unspecified atom stereocenters. The fourth-order valence-corrected chi connectivity index (χ4v) is 3.54. The van der Waals surface area contributed by atoms with Crippen LogP contribution in [0.1, 0.15) is 31.2 Å². The highest BCUT2D eigenvalue weighted by molar-refractivity contribution is 5.28. The van der Waals surface area contributed by atoms with Crippen LogP contribution in [0.25, 0.3) is 0 Å². The zero-order chi connectivity index (χ0) is 16.3. The molecule has 1 aromatic carbocycles. The van der Waals surface area contributed by atoms with Crippen molar-refractivity contribution in [3.05, 3.63) is 29.6 Å². The Labute approximate surface area is 137 Å². The predicted octanol–water partition coefficient (Wildman–Crippen LogP) is 2.52. The van der Waals surface area contributed by atoms with Crippen LogP contribution in [-0.4, -0.2) is 54.6 Å². The van der Waals surface area contributed by atoms with Gasteiger partial charge in [-0.2, -0.15) is 0 Å². The molecule has 1 aromatic rings. The van der Waals surface area contributed by atoms with Gasteiger partial charge in [-0.15, -0.1) is 0 Å². The Morgan fingerprint density at radius 1 is 1.39 bits per heavy atom. The minimum atomic E-state index is -1.03. The molecule has 0 spiro atoms. The summed E-state index contributed by atoms with van der Waals surface area (Å²) in [6.45, 7) is 4.21. The average Bonchev–Trinajstić information content (AvgIpc) is 2.99. The SMILES string of the molecule is Cc1cc(OC[C@]2(O)COCCN(C3CCCC3)C2)ccc1F. The molecule has 2 fully saturated rings. The Balaban J connectivity index is 1.62. The van der Waals surface area contributed by atoms with E-state index in [0.717, 1.165) is 6.54 Å². The lowest BCUT2D eigenvalue weighted by Crippen LogP contribution is -2.51. The van der Waals surface area contributed by atoms with E-state index in [2.05, 4.69) is 4.90 Å². The molecule has 128 valence electrons. The van der Waals surface area contributed by atoms with Crippen molar-refractivity contribution < 1.29 is 19.0 Å².